The lowest BCUT2D eigenvalue weighted by molar-refractivity contribution is -0.122. The lowest BCUT2D eigenvalue weighted by Crippen LogP contribution is -2.39. The van der Waals surface area contributed by atoms with E-state index in [1.54, 1.807) is 7.11 Å². The molecule has 3 aromatic carbocycles. The second kappa shape index (κ2) is 10.7. The Labute approximate surface area is 200 Å². The molecule has 0 bridgehead atoms. The minimum atomic E-state index is -0.208. The monoisotopic (exact) mass is 464 g/mol. The third-order valence-corrected chi connectivity index (χ3v) is 6.24. The van der Waals surface area contributed by atoms with Crippen molar-refractivity contribution in [3.63, 3.8) is 0 Å². The van der Waals surface area contributed by atoms with Crippen molar-refractivity contribution in [2.75, 3.05) is 20.2 Å². The van der Waals surface area contributed by atoms with E-state index < -0.39 is 0 Å². The molecule has 1 fully saturated rings. The fourth-order valence-corrected chi connectivity index (χ4v) is 4.24. The zero-order valence-electron chi connectivity index (χ0n) is 19.0. The summed E-state index contributed by atoms with van der Waals surface area (Å²) in [7, 11) is 1.64. The molecule has 1 N–H and O–H groups in total. The van der Waals surface area contributed by atoms with Crippen molar-refractivity contribution in [2.45, 2.75) is 31.8 Å². The highest BCUT2D eigenvalue weighted by Crippen LogP contribution is 2.31. The smallest absolute Gasteiger partial charge is 0.227 e. The highest BCUT2D eigenvalue weighted by atomic mass is 35.5. The normalized spacial score (nSPS) is 16.9. The Kier molecular flexibility index (Phi) is 7.53. The van der Waals surface area contributed by atoms with Crippen LogP contribution >= 0.6 is 11.6 Å². The Morgan fingerprint density at radius 1 is 1.09 bits per heavy atom. The number of methoxy groups -OCH3 is 1. The third-order valence-electron chi connectivity index (χ3n) is 5.98. The summed E-state index contributed by atoms with van der Waals surface area (Å²) in [6, 6.07) is 23.3. The molecule has 5 nitrogen and oxygen atoms in total. The molecule has 1 aliphatic heterocycles. The first-order valence-corrected chi connectivity index (χ1v) is 11.6. The lowest BCUT2D eigenvalue weighted by atomic mass is 10.00. The van der Waals surface area contributed by atoms with Gasteiger partial charge in [0.1, 0.15) is 5.75 Å². The molecular formula is C27H29ClN2O3. The Morgan fingerprint density at radius 3 is 2.61 bits per heavy atom. The zero-order chi connectivity index (χ0) is 23.2. The second-order valence-electron chi connectivity index (χ2n) is 8.40. The van der Waals surface area contributed by atoms with E-state index in [0.717, 1.165) is 37.4 Å². The van der Waals surface area contributed by atoms with E-state index in [1.807, 2.05) is 67.6 Å². The van der Waals surface area contributed by atoms with Crippen LogP contribution in [-0.2, 0) is 11.3 Å². The Balaban J connectivity index is 1.31. The summed E-state index contributed by atoms with van der Waals surface area (Å²) in [6.07, 6.45) is 0.941. The highest BCUT2D eigenvalue weighted by molar-refractivity contribution is 6.30. The number of hydrogen-bond acceptors (Lipinski definition) is 4. The highest BCUT2D eigenvalue weighted by Gasteiger charge is 2.26. The van der Waals surface area contributed by atoms with Crippen LogP contribution in [-0.4, -0.2) is 37.0 Å². The minimum absolute atomic E-state index is 0.0522. The van der Waals surface area contributed by atoms with Gasteiger partial charge in [0.2, 0.25) is 5.91 Å². The van der Waals surface area contributed by atoms with Gasteiger partial charge in [-0.25, -0.2) is 0 Å². The van der Waals surface area contributed by atoms with Crippen molar-refractivity contribution < 1.29 is 14.3 Å². The summed E-state index contributed by atoms with van der Waals surface area (Å²) < 4.78 is 11.4. The maximum atomic E-state index is 12.7. The van der Waals surface area contributed by atoms with Crippen molar-refractivity contribution in [2.24, 2.45) is 0 Å². The molecule has 1 saturated heterocycles. The molecule has 4 rings (SSSR count). The summed E-state index contributed by atoms with van der Waals surface area (Å²) in [5.41, 5.74) is 2.14. The average molecular weight is 465 g/mol. The van der Waals surface area contributed by atoms with Gasteiger partial charge in [-0.15, -0.1) is 0 Å². The molecule has 0 saturated carbocycles. The van der Waals surface area contributed by atoms with Crippen molar-refractivity contribution in [1.29, 1.82) is 0 Å². The summed E-state index contributed by atoms with van der Waals surface area (Å²) in [5.74, 6) is 2.01. The van der Waals surface area contributed by atoms with Crippen LogP contribution in [0.3, 0.4) is 0 Å². The fraction of sp³-hybridized carbons (Fsp3) is 0.296. The van der Waals surface area contributed by atoms with Gasteiger partial charge in [0, 0.05) is 30.7 Å². The molecule has 1 heterocycles. The molecule has 1 aliphatic rings. The fourth-order valence-electron chi connectivity index (χ4n) is 4.12. The van der Waals surface area contributed by atoms with Crippen molar-refractivity contribution in [3.05, 3.63) is 88.9 Å². The average Bonchev–Trinajstić information content (AvgIpc) is 3.26. The van der Waals surface area contributed by atoms with Crippen LogP contribution in [0.25, 0.3) is 0 Å². The van der Waals surface area contributed by atoms with E-state index in [4.69, 9.17) is 21.1 Å². The SMILES string of the molecule is COc1ccccc1Oc1cccc(CN2CC[C@H](NC(=O)C(C)c3ccc(Cl)cc3)C2)c1. The molecule has 2 atom stereocenters. The van der Waals surface area contributed by atoms with Crippen LogP contribution in [0.2, 0.25) is 5.02 Å². The summed E-state index contributed by atoms with van der Waals surface area (Å²) in [4.78, 5) is 15.1. The van der Waals surface area contributed by atoms with Gasteiger partial charge in [0.15, 0.2) is 11.5 Å². The zero-order valence-corrected chi connectivity index (χ0v) is 19.7. The van der Waals surface area contributed by atoms with Gasteiger partial charge >= 0.3 is 0 Å². The largest absolute Gasteiger partial charge is 0.493 e. The number of amides is 1. The first-order valence-electron chi connectivity index (χ1n) is 11.2. The number of hydrogen-bond donors (Lipinski definition) is 1. The van der Waals surface area contributed by atoms with Gasteiger partial charge in [0.05, 0.1) is 13.0 Å². The molecule has 0 radical (unpaired) electrons. The number of halogens is 1. The summed E-state index contributed by atoms with van der Waals surface area (Å²) >= 11 is 5.96. The Bertz CT molecular complexity index is 1090. The van der Waals surface area contributed by atoms with E-state index in [1.165, 1.54) is 5.56 Å². The molecule has 33 heavy (non-hydrogen) atoms. The van der Waals surface area contributed by atoms with Crippen LogP contribution in [0, 0.1) is 0 Å². The van der Waals surface area contributed by atoms with Gasteiger partial charge in [-0.1, -0.05) is 48.0 Å². The second-order valence-corrected chi connectivity index (χ2v) is 8.84. The van der Waals surface area contributed by atoms with Gasteiger partial charge < -0.3 is 14.8 Å². The van der Waals surface area contributed by atoms with Gasteiger partial charge in [-0.3, -0.25) is 9.69 Å². The first kappa shape index (κ1) is 23.1. The summed E-state index contributed by atoms with van der Waals surface area (Å²) in [5, 5.41) is 3.89. The lowest BCUT2D eigenvalue weighted by Gasteiger charge is -2.19. The number of rotatable bonds is 8. The standard InChI is InChI=1S/C27H29ClN2O3/c1-19(21-10-12-22(28)13-11-21)27(31)29-23-14-15-30(18-23)17-20-6-5-7-24(16-20)33-26-9-4-3-8-25(26)32-2/h3-13,16,19,23H,14-15,17-18H2,1-2H3,(H,29,31)/t19?,23-/m0/s1. The molecule has 0 aliphatic carbocycles. The van der Waals surface area contributed by atoms with Crippen LogP contribution in [0.4, 0.5) is 0 Å². The van der Waals surface area contributed by atoms with Crippen molar-refractivity contribution in [1.82, 2.24) is 10.2 Å². The molecule has 172 valence electrons. The topological polar surface area (TPSA) is 50.8 Å². The number of ether oxygens (including phenoxy) is 2. The van der Waals surface area contributed by atoms with E-state index in [-0.39, 0.29) is 17.9 Å². The third kappa shape index (κ3) is 6.06. The Morgan fingerprint density at radius 2 is 1.85 bits per heavy atom. The van der Waals surface area contributed by atoms with Gasteiger partial charge in [0.25, 0.3) is 0 Å². The first-order chi connectivity index (χ1) is 16.0. The Hall–Kier alpha value is -3.02. The van der Waals surface area contributed by atoms with Crippen molar-refractivity contribution in [3.8, 4) is 17.2 Å². The van der Waals surface area contributed by atoms with Gasteiger partial charge in [-0.05, 0) is 60.9 Å². The van der Waals surface area contributed by atoms with E-state index in [0.29, 0.717) is 16.5 Å². The number of carbonyl (C=O) groups is 1. The van der Waals surface area contributed by atoms with E-state index in [9.17, 15) is 4.79 Å². The van der Waals surface area contributed by atoms with Crippen LogP contribution in [0.5, 0.6) is 17.2 Å². The van der Waals surface area contributed by atoms with Crippen LogP contribution in [0.15, 0.2) is 72.8 Å². The van der Waals surface area contributed by atoms with Crippen molar-refractivity contribution >= 4 is 17.5 Å². The maximum Gasteiger partial charge on any atom is 0.227 e. The molecule has 1 unspecified atom stereocenters. The molecule has 6 heteroatoms. The van der Waals surface area contributed by atoms with Gasteiger partial charge in [-0.2, -0.15) is 0 Å². The number of carbonyl (C=O) groups excluding carboxylic acids is 1. The predicted molar refractivity (Wildman–Crippen MR) is 131 cm³/mol. The molecule has 0 aromatic heterocycles. The molecular weight excluding hydrogens is 436 g/mol. The van der Waals surface area contributed by atoms with E-state index >= 15 is 0 Å². The molecule has 3 aromatic rings. The minimum Gasteiger partial charge on any atom is -0.493 e. The number of para-hydroxylation sites is 2. The van der Waals surface area contributed by atoms with Crippen LogP contribution < -0.4 is 14.8 Å². The number of likely N-dealkylation sites (tertiary alicyclic amines) is 1. The number of nitrogens with one attached hydrogen (secondary N) is 1. The summed E-state index contributed by atoms with van der Waals surface area (Å²) in [6.45, 7) is 4.51. The number of benzene rings is 3. The molecule has 0 spiro atoms. The quantitative estimate of drug-likeness (QED) is 0.469. The number of nitrogens with zero attached hydrogens (tertiary/aromatic N) is 1. The predicted octanol–water partition coefficient (Wildman–Crippen LogP) is 5.64. The maximum absolute atomic E-state index is 12.7. The molecule has 1 amide bonds. The van der Waals surface area contributed by atoms with Crippen LogP contribution in [0.1, 0.15) is 30.4 Å². The van der Waals surface area contributed by atoms with E-state index in [2.05, 4.69) is 22.3 Å².